The normalized spacial score (nSPS) is 12.0. The van der Waals surface area contributed by atoms with E-state index in [-0.39, 0.29) is 24.3 Å². The summed E-state index contributed by atoms with van der Waals surface area (Å²) < 4.78 is 5.61. The van der Waals surface area contributed by atoms with Crippen LogP contribution in [0.3, 0.4) is 0 Å². The predicted molar refractivity (Wildman–Crippen MR) is 94.6 cm³/mol. The summed E-state index contributed by atoms with van der Waals surface area (Å²) in [7, 11) is 3.89. The third-order valence-electron chi connectivity index (χ3n) is 3.29. The van der Waals surface area contributed by atoms with E-state index in [9.17, 15) is 9.59 Å². The van der Waals surface area contributed by atoms with E-state index in [0.29, 0.717) is 11.2 Å². The maximum absolute atomic E-state index is 12.2. The van der Waals surface area contributed by atoms with Gasteiger partial charge in [0.1, 0.15) is 0 Å². The number of halogens is 1. The van der Waals surface area contributed by atoms with E-state index in [2.05, 4.69) is 26.6 Å². The van der Waals surface area contributed by atoms with Gasteiger partial charge in [-0.25, -0.2) is 0 Å². The molecule has 7 heteroatoms. The second kappa shape index (κ2) is 8.65. The molecule has 1 aromatic carbocycles. The highest BCUT2D eigenvalue weighted by molar-refractivity contribution is 9.10. The Balaban J connectivity index is 1.91. The van der Waals surface area contributed by atoms with Gasteiger partial charge in [0.05, 0.1) is 12.6 Å². The highest BCUT2D eigenvalue weighted by atomic mass is 79.9. The molecule has 0 saturated carbocycles. The van der Waals surface area contributed by atoms with Crippen molar-refractivity contribution in [1.29, 1.82) is 0 Å². The predicted octanol–water partition coefficient (Wildman–Crippen LogP) is 2.19. The number of hydrogen-bond donors (Lipinski definition) is 2. The first-order valence-electron chi connectivity index (χ1n) is 7.48. The number of amides is 2. The van der Waals surface area contributed by atoms with Crippen molar-refractivity contribution in [2.24, 2.45) is 0 Å². The largest absolute Gasteiger partial charge is 0.444 e. The van der Waals surface area contributed by atoms with Crippen LogP contribution in [-0.2, 0) is 4.79 Å². The SMILES string of the molecule is CN(C)C[C@H](NC(=O)CNC(=O)c1ccc(Br)o1)c1ccccc1. The number of likely N-dealkylation sites (N-methyl/N-ethyl adjacent to an activating group) is 1. The monoisotopic (exact) mass is 393 g/mol. The molecule has 6 nitrogen and oxygen atoms in total. The molecule has 0 spiro atoms. The van der Waals surface area contributed by atoms with E-state index in [1.807, 2.05) is 49.3 Å². The first-order chi connectivity index (χ1) is 11.5. The van der Waals surface area contributed by atoms with Crippen LogP contribution in [-0.4, -0.2) is 43.9 Å². The summed E-state index contributed by atoms with van der Waals surface area (Å²) >= 11 is 3.13. The Kier molecular flexibility index (Phi) is 6.57. The van der Waals surface area contributed by atoms with Crippen LogP contribution in [0.25, 0.3) is 0 Å². The smallest absolute Gasteiger partial charge is 0.287 e. The molecule has 2 aromatic rings. The van der Waals surface area contributed by atoms with Crippen LogP contribution in [0, 0.1) is 0 Å². The van der Waals surface area contributed by atoms with E-state index in [1.165, 1.54) is 6.07 Å². The zero-order valence-corrected chi connectivity index (χ0v) is 15.2. The molecule has 0 radical (unpaired) electrons. The van der Waals surface area contributed by atoms with Crippen LogP contribution in [0.5, 0.6) is 0 Å². The van der Waals surface area contributed by atoms with Crippen molar-refractivity contribution in [3.05, 3.63) is 58.5 Å². The fraction of sp³-hybridized carbons (Fsp3) is 0.294. The van der Waals surface area contributed by atoms with E-state index < -0.39 is 5.91 Å². The Bertz CT molecular complexity index is 685. The van der Waals surface area contributed by atoms with Crippen molar-refractivity contribution in [3.8, 4) is 0 Å². The Labute approximate surface area is 149 Å². The first-order valence-corrected chi connectivity index (χ1v) is 8.27. The Hall–Kier alpha value is -2.12. The van der Waals surface area contributed by atoms with Gasteiger partial charge in [-0.2, -0.15) is 0 Å². The molecular weight excluding hydrogens is 374 g/mol. The van der Waals surface area contributed by atoms with Crippen LogP contribution in [0.2, 0.25) is 0 Å². The molecule has 1 atom stereocenters. The van der Waals surface area contributed by atoms with Gasteiger partial charge in [-0.3, -0.25) is 9.59 Å². The molecule has 0 aliphatic rings. The van der Waals surface area contributed by atoms with Crippen molar-refractivity contribution in [2.45, 2.75) is 6.04 Å². The number of nitrogens with one attached hydrogen (secondary N) is 2. The standard InChI is InChI=1S/C17H20BrN3O3/c1-21(2)11-13(12-6-4-3-5-7-12)20-16(22)10-19-17(23)14-8-9-15(18)24-14/h3-9,13H,10-11H2,1-2H3,(H,19,23)(H,20,22)/t13-/m0/s1. The number of rotatable bonds is 7. The zero-order valence-electron chi connectivity index (χ0n) is 13.6. The Morgan fingerprint density at radius 3 is 2.46 bits per heavy atom. The Morgan fingerprint density at radius 2 is 1.88 bits per heavy atom. The van der Waals surface area contributed by atoms with Gasteiger partial charge in [0.2, 0.25) is 5.91 Å². The highest BCUT2D eigenvalue weighted by Crippen LogP contribution is 2.14. The van der Waals surface area contributed by atoms with Crippen LogP contribution < -0.4 is 10.6 Å². The molecular formula is C17H20BrN3O3. The lowest BCUT2D eigenvalue weighted by atomic mass is 10.1. The van der Waals surface area contributed by atoms with Crippen molar-refractivity contribution in [1.82, 2.24) is 15.5 Å². The summed E-state index contributed by atoms with van der Waals surface area (Å²) in [6, 6.07) is 12.7. The molecule has 0 unspecified atom stereocenters. The van der Waals surface area contributed by atoms with E-state index in [1.54, 1.807) is 6.07 Å². The molecule has 2 amide bonds. The molecule has 24 heavy (non-hydrogen) atoms. The number of benzene rings is 1. The Morgan fingerprint density at radius 1 is 1.17 bits per heavy atom. The van der Waals surface area contributed by atoms with Gasteiger partial charge in [-0.1, -0.05) is 30.3 Å². The summed E-state index contributed by atoms with van der Waals surface area (Å²) in [5.41, 5.74) is 1.01. The molecule has 0 aliphatic carbocycles. The fourth-order valence-corrected chi connectivity index (χ4v) is 2.52. The average Bonchev–Trinajstić information content (AvgIpc) is 2.99. The molecule has 0 fully saturated rings. The van der Waals surface area contributed by atoms with Gasteiger partial charge in [0.15, 0.2) is 10.4 Å². The van der Waals surface area contributed by atoms with Gasteiger partial charge in [-0.05, 0) is 47.7 Å². The second-order valence-corrected chi connectivity index (χ2v) is 6.36. The summed E-state index contributed by atoms with van der Waals surface area (Å²) in [6.07, 6.45) is 0. The lowest BCUT2D eigenvalue weighted by Gasteiger charge is -2.23. The fourth-order valence-electron chi connectivity index (χ4n) is 2.21. The van der Waals surface area contributed by atoms with Crippen molar-refractivity contribution >= 4 is 27.7 Å². The van der Waals surface area contributed by atoms with Gasteiger partial charge in [0.25, 0.3) is 5.91 Å². The van der Waals surface area contributed by atoms with Gasteiger partial charge in [-0.15, -0.1) is 0 Å². The van der Waals surface area contributed by atoms with Crippen molar-refractivity contribution in [2.75, 3.05) is 27.2 Å². The molecule has 128 valence electrons. The van der Waals surface area contributed by atoms with Crippen molar-refractivity contribution in [3.63, 3.8) is 0 Å². The van der Waals surface area contributed by atoms with Crippen molar-refractivity contribution < 1.29 is 14.0 Å². The van der Waals surface area contributed by atoms with Crippen LogP contribution in [0.1, 0.15) is 22.2 Å². The maximum Gasteiger partial charge on any atom is 0.287 e. The summed E-state index contributed by atoms with van der Waals surface area (Å²) in [6.45, 7) is 0.544. The average molecular weight is 394 g/mol. The number of nitrogens with zero attached hydrogens (tertiary/aromatic N) is 1. The van der Waals surface area contributed by atoms with Crippen LogP contribution in [0.15, 0.2) is 51.6 Å². The molecule has 2 rings (SSSR count). The van der Waals surface area contributed by atoms with Gasteiger partial charge in [0, 0.05) is 6.54 Å². The van der Waals surface area contributed by atoms with E-state index in [0.717, 1.165) is 5.56 Å². The number of furan rings is 1. The molecule has 0 aliphatic heterocycles. The van der Waals surface area contributed by atoms with E-state index in [4.69, 9.17) is 4.42 Å². The van der Waals surface area contributed by atoms with E-state index >= 15 is 0 Å². The lowest BCUT2D eigenvalue weighted by molar-refractivity contribution is -0.121. The lowest BCUT2D eigenvalue weighted by Crippen LogP contribution is -2.41. The molecule has 1 heterocycles. The summed E-state index contributed by atoms with van der Waals surface area (Å²) in [4.78, 5) is 26.0. The number of hydrogen-bond acceptors (Lipinski definition) is 4. The third kappa shape index (κ3) is 5.50. The summed E-state index contributed by atoms with van der Waals surface area (Å²) in [5.74, 6) is -0.535. The maximum atomic E-state index is 12.2. The summed E-state index contributed by atoms with van der Waals surface area (Å²) in [5, 5.41) is 5.48. The van der Waals surface area contributed by atoms with Crippen LogP contribution in [0.4, 0.5) is 0 Å². The third-order valence-corrected chi connectivity index (χ3v) is 3.72. The zero-order chi connectivity index (χ0) is 17.5. The molecule has 2 N–H and O–H groups in total. The molecule has 0 saturated heterocycles. The topological polar surface area (TPSA) is 74.6 Å². The second-order valence-electron chi connectivity index (χ2n) is 5.58. The quantitative estimate of drug-likeness (QED) is 0.755. The number of carbonyl (C=O) groups excluding carboxylic acids is 2. The minimum absolute atomic E-state index is 0.117. The van der Waals surface area contributed by atoms with Gasteiger partial charge >= 0.3 is 0 Å². The number of carbonyl (C=O) groups is 2. The first kappa shape index (κ1) is 18.2. The minimum atomic E-state index is -0.431. The molecule has 0 bridgehead atoms. The highest BCUT2D eigenvalue weighted by Gasteiger charge is 2.17. The molecule has 1 aromatic heterocycles. The minimum Gasteiger partial charge on any atom is -0.444 e. The van der Waals surface area contributed by atoms with Gasteiger partial charge < -0.3 is 20.0 Å². The van der Waals surface area contributed by atoms with Crippen LogP contribution >= 0.6 is 15.9 Å².